The second kappa shape index (κ2) is 9.74. The third-order valence-corrected chi connectivity index (χ3v) is 4.73. The zero-order chi connectivity index (χ0) is 17.4. The van der Waals surface area contributed by atoms with Gasteiger partial charge in [-0.25, -0.2) is 4.39 Å². The highest BCUT2D eigenvalue weighted by molar-refractivity contribution is 9.10. The molecule has 1 aromatic carbocycles. The minimum atomic E-state index is -0.489. The zero-order valence-electron chi connectivity index (χ0n) is 13.0. The van der Waals surface area contributed by atoms with Gasteiger partial charge in [0.15, 0.2) is 0 Å². The molecule has 0 amide bonds. The van der Waals surface area contributed by atoms with E-state index in [0.717, 1.165) is 12.1 Å². The summed E-state index contributed by atoms with van der Waals surface area (Å²) in [6.07, 6.45) is 1.16. The molecule has 2 aromatic rings. The van der Waals surface area contributed by atoms with Gasteiger partial charge in [-0.15, -0.1) is 0 Å². The van der Waals surface area contributed by atoms with Crippen LogP contribution in [-0.4, -0.2) is 24.8 Å². The third kappa shape index (κ3) is 5.28. The van der Waals surface area contributed by atoms with Crippen LogP contribution in [0.5, 0.6) is 5.75 Å². The van der Waals surface area contributed by atoms with Gasteiger partial charge in [-0.1, -0.05) is 0 Å². The van der Waals surface area contributed by atoms with E-state index < -0.39 is 5.82 Å². The van der Waals surface area contributed by atoms with Crippen molar-refractivity contribution < 1.29 is 14.2 Å². The first kappa shape index (κ1) is 18.9. The third-order valence-electron chi connectivity index (χ3n) is 3.42. The molecule has 0 spiro atoms. The number of aliphatic hydroxyl groups is 1. The molecular formula is C17H18BrFN2O2S. The normalized spacial score (nSPS) is 11.9. The van der Waals surface area contributed by atoms with Crippen LogP contribution in [0.25, 0.3) is 0 Å². The van der Waals surface area contributed by atoms with E-state index in [1.807, 2.05) is 22.9 Å². The lowest BCUT2D eigenvalue weighted by atomic mass is 10.1. The Bertz CT molecular complexity index is 689. The van der Waals surface area contributed by atoms with Gasteiger partial charge >= 0.3 is 0 Å². The standard InChI is InChI=1S/C17H18BrFN2O2S/c18-14-9-17(13(10-20)8-15(14)19)23-16(12-3-7-24-11-12)2-5-21-4-1-6-22/h3,7-9,11,16,21-22H,1-2,4-6H2/t16-/m1/s1. The maximum atomic E-state index is 13.6. The highest BCUT2D eigenvalue weighted by Gasteiger charge is 2.17. The molecule has 0 fully saturated rings. The molecule has 1 atom stereocenters. The van der Waals surface area contributed by atoms with Crippen LogP contribution in [0, 0.1) is 17.1 Å². The van der Waals surface area contributed by atoms with Crippen LogP contribution >= 0.6 is 27.3 Å². The van der Waals surface area contributed by atoms with E-state index in [0.29, 0.717) is 25.1 Å². The van der Waals surface area contributed by atoms with Gasteiger partial charge in [0, 0.05) is 18.6 Å². The molecule has 0 aliphatic heterocycles. The number of ether oxygens (including phenoxy) is 1. The number of halogens is 2. The predicted molar refractivity (Wildman–Crippen MR) is 95.7 cm³/mol. The van der Waals surface area contributed by atoms with Crippen molar-refractivity contribution in [2.75, 3.05) is 19.7 Å². The molecule has 0 bridgehead atoms. The van der Waals surface area contributed by atoms with Crippen LogP contribution in [0.15, 0.2) is 33.4 Å². The number of thiophene rings is 1. The summed E-state index contributed by atoms with van der Waals surface area (Å²) in [6.45, 7) is 1.61. The summed E-state index contributed by atoms with van der Waals surface area (Å²) in [4.78, 5) is 0. The number of nitrogens with zero attached hydrogens (tertiary/aromatic N) is 1. The van der Waals surface area contributed by atoms with Gasteiger partial charge in [0.1, 0.15) is 23.7 Å². The molecule has 2 N–H and O–H groups in total. The van der Waals surface area contributed by atoms with Crippen molar-refractivity contribution >= 4 is 27.3 Å². The van der Waals surface area contributed by atoms with Crippen molar-refractivity contribution in [3.05, 3.63) is 50.4 Å². The van der Waals surface area contributed by atoms with Crippen LogP contribution in [0.3, 0.4) is 0 Å². The quantitative estimate of drug-likeness (QED) is 0.610. The molecule has 7 heteroatoms. The number of rotatable bonds is 9. The Labute approximate surface area is 153 Å². The van der Waals surface area contributed by atoms with Gasteiger partial charge in [0.05, 0.1) is 10.0 Å². The van der Waals surface area contributed by atoms with Crippen LogP contribution in [0.1, 0.15) is 30.1 Å². The lowest BCUT2D eigenvalue weighted by Gasteiger charge is -2.20. The SMILES string of the molecule is N#Cc1cc(F)c(Br)cc1O[C@H](CCNCCCO)c1ccsc1. The Morgan fingerprint density at radius 3 is 2.92 bits per heavy atom. The highest BCUT2D eigenvalue weighted by Crippen LogP contribution is 2.32. The summed E-state index contributed by atoms with van der Waals surface area (Å²) in [5, 5.41) is 25.2. The number of benzene rings is 1. The molecule has 0 aliphatic rings. The minimum absolute atomic E-state index is 0.159. The van der Waals surface area contributed by atoms with Crippen molar-refractivity contribution in [2.45, 2.75) is 18.9 Å². The summed E-state index contributed by atoms with van der Waals surface area (Å²) in [6, 6.07) is 6.61. The Morgan fingerprint density at radius 2 is 2.25 bits per heavy atom. The number of hydrogen-bond donors (Lipinski definition) is 2. The molecule has 1 heterocycles. The number of nitrogens with one attached hydrogen (secondary N) is 1. The van der Waals surface area contributed by atoms with Crippen LogP contribution in [0.4, 0.5) is 4.39 Å². The average molecular weight is 413 g/mol. The lowest BCUT2D eigenvalue weighted by molar-refractivity contribution is 0.193. The number of aliphatic hydroxyl groups excluding tert-OH is 1. The summed E-state index contributed by atoms with van der Waals surface area (Å²) in [5.41, 5.74) is 1.19. The molecule has 0 saturated carbocycles. The highest BCUT2D eigenvalue weighted by atomic mass is 79.9. The zero-order valence-corrected chi connectivity index (χ0v) is 15.4. The predicted octanol–water partition coefficient (Wildman–Crippen LogP) is 4.00. The molecule has 0 radical (unpaired) electrons. The molecule has 0 aliphatic carbocycles. The smallest absolute Gasteiger partial charge is 0.139 e. The maximum Gasteiger partial charge on any atom is 0.139 e. The molecule has 4 nitrogen and oxygen atoms in total. The maximum absolute atomic E-state index is 13.6. The summed E-state index contributed by atoms with van der Waals surface area (Å²) >= 11 is 4.70. The average Bonchev–Trinajstić information content (AvgIpc) is 3.11. The Balaban J connectivity index is 2.11. The van der Waals surface area contributed by atoms with E-state index in [2.05, 4.69) is 21.2 Å². The van der Waals surface area contributed by atoms with Crippen LogP contribution in [0.2, 0.25) is 0 Å². The van der Waals surface area contributed by atoms with Crippen molar-refractivity contribution in [3.8, 4) is 11.8 Å². The second-order valence-electron chi connectivity index (χ2n) is 5.15. The fourth-order valence-electron chi connectivity index (χ4n) is 2.18. The van der Waals surface area contributed by atoms with E-state index in [9.17, 15) is 9.65 Å². The largest absolute Gasteiger partial charge is 0.484 e. The van der Waals surface area contributed by atoms with Crippen LogP contribution < -0.4 is 10.1 Å². The summed E-state index contributed by atoms with van der Waals surface area (Å²) in [5.74, 6) is -0.131. The summed E-state index contributed by atoms with van der Waals surface area (Å²) in [7, 11) is 0. The van der Waals surface area contributed by atoms with Crippen LogP contribution in [-0.2, 0) is 0 Å². The van der Waals surface area contributed by atoms with Crippen molar-refractivity contribution in [1.82, 2.24) is 5.32 Å². The van der Waals surface area contributed by atoms with E-state index in [4.69, 9.17) is 9.84 Å². The molecule has 2 rings (SSSR count). The molecule has 1 aromatic heterocycles. The van der Waals surface area contributed by atoms with E-state index in [1.54, 1.807) is 11.3 Å². The van der Waals surface area contributed by atoms with Crippen molar-refractivity contribution in [3.63, 3.8) is 0 Å². The van der Waals surface area contributed by atoms with Gasteiger partial charge in [-0.3, -0.25) is 0 Å². The second-order valence-corrected chi connectivity index (χ2v) is 6.79. The van der Waals surface area contributed by atoms with Gasteiger partial charge in [0.2, 0.25) is 0 Å². The number of nitriles is 1. The summed E-state index contributed by atoms with van der Waals surface area (Å²) < 4.78 is 19.9. The fourth-order valence-corrected chi connectivity index (χ4v) is 3.20. The number of hydrogen-bond acceptors (Lipinski definition) is 5. The molecule has 24 heavy (non-hydrogen) atoms. The van der Waals surface area contributed by atoms with E-state index in [1.165, 1.54) is 12.1 Å². The Kier molecular flexibility index (Phi) is 7.66. The van der Waals surface area contributed by atoms with Crippen molar-refractivity contribution in [2.24, 2.45) is 0 Å². The Morgan fingerprint density at radius 1 is 1.42 bits per heavy atom. The Hall–Kier alpha value is -1.46. The van der Waals surface area contributed by atoms with Gasteiger partial charge in [-0.2, -0.15) is 16.6 Å². The van der Waals surface area contributed by atoms with Gasteiger partial charge < -0.3 is 15.2 Å². The van der Waals surface area contributed by atoms with E-state index in [-0.39, 0.29) is 22.7 Å². The van der Waals surface area contributed by atoms with Crippen molar-refractivity contribution in [1.29, 1.82) is 5.26 Å². The fraction of sp³-hybridized carbons (Fsp3) is 0.353. The first-order valence-electron chi connectivity index (χ1n) is 7.55. The lowest BCUT2D eigenvalue weighted by Crippen LogP contribution is -2.21. The van der Waals surface area contributed by atoms with E-state index >= 15 is 0 Å². The topological polar surface area (TPSA) is 65.3 Å². The molecule has 0 saturated heterocycles. The van der Waals surface area contributed by atoms with Gasteiger partial charge in [0.25, 0.3) is 0 Å². The molecule has 128 valence electrons. The molecular weight excluding hydrogens is 395 g/mol. The first-order chi connectivity index (χ1) is 11.7. The van der Waals surface area contributed by atoms with Gasteiger partial charge in [-0.05, 0) is 64.4 Å². The monoisotopic (exact) mass is 412 g/mol. The first-order valence-corrected chi connectivity index (χ1v) is 9.28. The molecule has 0 unspecified atom stereocenters. The minimum Gasteiger partial charge on any atom is -0.484 e.